The lowest BCUT2D eigenvalue weighted by Crippen LogP contribution is -2.09. The number of carbonyl (C=O) groups is 2. The van der Waals surface area contributed by atoms with Gasteiger partial charge in [-0.15, -0.1) is 11.3 Å². The highest BCUT2D eigenvalue weighted by Crippen LogP contribution is 2.21. The quantitative estimate of drug-likeness (QED) is 0.497. The molecular formula is C21H14N2O2S. The Bertz CT molecular complexity index is 1050. The molecule has 0 radical (unpaired) electrons. The number of nitrogens with zero attached hydrogens (tertiary/aromatic N) is 2. The number of ketones is 2. The number of benzene rings is 2. The fraction of sp³-hybridized carbons (Fsp3) is 0. The van der Waals surface area contributed by atoms with Gasteiger partial charge in [-0.05, 0) is 23.6 Å². The van der Waals surface area contributed by atoms with Gasteiger partial charge in [-0.1, -0.05) is 54.6 Å². The first-order valence-corrected chi connectivity index (χ1v) is 8.95. The van der Waals surface area contributed by atoms with E-state index in [1.54, 1.807) is 41.2 Å². The van der Waals surface area contributed by atoms with Crippen LogP contribution in [0, 0.1) is 0 Å². The van der Waals surface area contributed by atoms with Gasteiger partial charge < -0.3 is 0 Å². The summed E-state index contributed by atoms with van der Waals surface area (Å²) in [7, 11) is 0. The van der Waals surface area contributed by atoms with Crippen molar-refractivity contribution in [1.82, 2.24) is 9.78 Å². The predicted molar refractivity (Wildman–Crippen MR) is 101 cm³/mol. The van der Waals surface area contributed by atoms with Crippen LogP contribution in [0.25, 0.3) is 5.69 Å². The van der Waals surface area contributed by atoms with Crippen LogP contribution >= 0.6 is 11.3 Å². The topological polar surface area (TPSA) is 52.0 Å². The van der Waals surface area contributed by atoms with Crippen molar-refractivity contribution in [2.75, 3.05) is 0 Å². The maximum Gasteiger partial charge on any atom is 0.214 e. The summed E-state index contributed by atoms with van der Waals surface area (Å²) in [6.07, 6.45) is 1.63. The van der Waals surface area contributed by atoms with E-state index < -0.39 is 0 Å². The largest absolute Gasteiger partial charge is 0.288 e. The number of aromatic nitrogens is 2. The van der Waals surface area contributed by atoms with Crippen LogP contribution in [0.1, 0.15) is 31.3 Å². The molecular weight excluding hydrogens is 344 g/mol. The summed E-state index contributed by atoms with van der Waals surface area (Å²) in [5.74, 6) is -0.457. The van der Waals surface area contributed by atoms with E-state index >= 15 is 0 Å². The van der Waals surface area contributed by atoms with Crippen molar-refractivity contribution in [2.24, 2.45) is 0 Å². The predicted octanol–water partition coefficient (Wildman–Crippen LogP) is 4.40. The van der Waals surface area contributed by atoms with Crippen molar-refractivity contribution in [3.8, 4) is 5.69 Å². The molecule has 2 aromatic carbocycles. The molecule has 0 saturated carbocycles. The molecule has 0 bridgehead atoms. The Kier molecular flexibility index (Phi) is 4.29. The lowest BCUT2D eigenvalue weighted by atomic mass is 10.0. The Balaban J connectivity index is 1.84. The lowest BCUT2D eigenvalue weighted by Gasteiger charge is -2.00. The van der Waals surface area contributed by atoms with Gasteiger partial charge in [0, 0.05) is 11.8 Å². The van der Waals surface area contributed by atoms with Crippen LogP contribution in [0.3, 0.4) is 0 Å². The second-order valence-electron chi connectivity index (χ2n) is 5.67. The van der Waals surface area contributed by atoms with Crippen LogP contribution in [0.4, 0.5) is 0 Å². The van der Waals surface area contributed by atoms with Crippen molar-refractivity contribution < 1.29 is 9.59 Å². The van der Waals surface area contributed by atoms with Crippen LogP contribution in [0.5, 0.6) is 0 Å². The molecule has 26 heavy (non-hydrogen) atoms. The first-order valence-electron chi connectivity index (χ1n) is 8.07. The maximum atomic E-state index is 13.0. The highest BCUT2D eigenvalue weighted by Gasteiger charge is 2.24. The van der Waals surface area contributed by atoms with Gasteiger partial charge in [0.25, 0.3) is 0 Å². The molecule has 4 nitrogen and oxygen atoms in total. The summed E-state index contributed by atoms with van der Waals surface area (Å²) in [5.41, 5.74) is 1.77. The Morgan fingerprint density at radius 1 is 0.808 bits per heavy atom. The summed E-state index contributed by atoms with van der Waals surface area (Å²) in [6.45, 7) is 0. The van der Waals surface area contributed by atoms with Gasteiger partial charge in [-0.2, -0.15) is 5.10 Å². The van der Waals surface area contributed by atoms with Crippen molar-refractivity contribution in [3.05, 3.63) is 106 Å². The molecule has 0 aliphatic heterocycles. The van der Waals surface area contributed by atoms with Gasteiger partial charge in [0.15, 0.2) is 0 Å². The van der Waals surface area contributed by atoms with Crippen LogP contribution < -0.4 is 0 Å². The second-order valence-corrected chi connectivity index (χ2v) is 6.62. The van der Waals surface area contributed by atoms with E-state index in [4.69, 9.17) is 0 Å². The Morgan fingerprint density at radius 2 is 1.50 bits per heavy atom. The molecule has 0 spiro atoms. The third kappa shape index (κ3) is 3.00. The number of rotatable bonds is 5. The van der Waals surface area contributed by atoms with Gasteiger partial charge in [0.2, 0.25) is 11.6 Å². The highest BCUT2D eigenvalue weighted by molar-refractivity contribution is 7.12. The molecule has 0 N–H and O–H groups in total. The second kappa shape index (κ2) is 6.90. The minimum atomic E-state index is -0.264. The summed E-state index contributed by atoms with van der Waals surface area (Å²) in [5, 5.41) is 6.28. The molecule has 0 atom stereocenters. The van der Waals surface area contributed by atoms with E-state index in [9.17, 15) is 9.59 Å². The van der Waals surface area contributed by atoms with Crippen LogP contribution in [-0.4, -0.2) is 21.3 Å². The molecule has 0 saturated heterocycles. The lowest BCUT2D eigenvalue weighted by molar-refractivity contribution is 0.100. The normalized spacial score (nSPS) is 10.6. The minimum Gasteiger partial charge on any atom is -0.288 e. The third-order valence-corrected chi connectivity index (χ3v) is 4.84. The summed E-state index contributed by atoms with van der Waals surface area (Å²) in [6, 6.07) is 21.9. The third-order valence-electron chi connectivity index (χ3n) is 3.98. The van der Waals surface area contributed by atoms with Gasteiger partial charge >= 0.3 is 0 Å². The Labute approximate surface area is 154 Å². The molecule has 126 valence electrons. The van der Waals surface area contributed by atoms with Crippen molar-refractivity contribution in [1.29, 1.82) is 0 Å². The molecule has 0 aliphatic carbocycles. The fourth-order valence-electron chi connectivity index (χ4n) is 2.69. The fourth-order valence-corrected chi connectivity index (χ4v) is 3.37. The summed E-state index contributed by atoms with van der Waals surface area (Å²) < 4.78 is 1.58. The molecule has 4 aromatic rings. The standard InChI is InChI=1S/C21H14N2O2S/c24-20(15-8-3-1-4-9-15)19-17(21(25)18-12-7-13-26-18)14-23(22-19)16-10-5-2-6-11-16/h1-14H. The number of hydrogen-bond donors (Lipinski definition) is 0. The van der Waals surface area contributed by atoms with E-state index in [0.717, 1.165) is 5.69 Å². The van der Waals surface area contributed by atoms with E-state index in [2.05, 4.69) is 5.10 Å². The zero-order valence-electron chi connectivity index (χ0n) is 13.7. The number of para-hydroxylation sites is 1. The highest BCUT2D eigenvalue weighted by atomic mass is 32.1. The smallest absolute Gasteiger partial charge is 0.214 e. The average molecular weight is 358 g/mol. The molecule has 0 fully saturated rings. The Morgan fingerprint density at radius 3 is 2.15 bits per heavy atom. The van der Waals surface area contributed by atoms with E-state index in [0.29, 0.717) is 16.0 Å². The number of carbonyl (C=O) groups excluding carboxylic acids is 2. The van der Waals surface area contributed by atoms with Crippen LogP contribution in [0.2, 0.25) is 0 Å². The van der Waals surface area contributed by atoms with Crippen LogP contribution in [0.15, 0.2) is 84.4 Å². The molecule has 0 unspecified atom stereocenters. The zero-order valence-corrected chi connectivity index (χ0v) is 14.5. The van der Waals surface area contributed by atoms with E-state index in [1.807, 2.05) is 47.8 Å². The summed E-state index contributed by atoms with van der Waals surface area (Å²) in [4.78, 5) is 26.5. The molecule has 5 heteroatoms. The average Bonchev–Trinajstić information content (AvgIpc) is 3.38. The van der Waals surface area contributed by atoms with E-state index in [1.165, 1.54) is 11.3 Å². The molecule has 2 heterocycles. The Hall–Kier alpha value is -3.31. The van der Waals surface area contributed by atoms with E-state index in [-0.39, 0.29) is 17.3 Å². The first-order chi connectivity index (χ1) is 12.7. The van der Waals surface area contributed by atoms with Crippen molar-refractivity contribution >= 4 is 22.9 Å². The molecule has 2 aromatic heterocycles. The van der Waals surface area contributed by atoms with Crippen molar-refractivity contribution in [2.45, 2.75) is 0 Å². The van der Waals surface area contributed by atoms with Crippen LogP contribution in [-0.2, 0) is 0 Å². The molecule has 4 rings (SSSR count). The van der Waals surface area contributed by atoms with Gasteiger partial charge in [0.05, 0.1) is 16.1 Å². The van der Waals surface area contributed by atoms with Gasteiger partial charge in [0.1, 0.15) is 5.69 Å². The maximum absolute atomic E-state index is 13.0. The van der Waals surface area contributed by atoms with Crippen molar-refractivity contribution in [3.63, 3.8) is 0 Å². The first kappa shape index (κ1) is 16.2. The number of thiophene rings is 1. The minimum absolute atomic E-state index is 0.165. The SMILES string of the molecule is O=C(c1cccs1)c1cn(-c2ccccc2)nc1C(=O)c1ccccc1. The molecule has 0 aliphatic rings. The monoisotopic (exact) mass is 358 g/mol. The number of hydrogen-bond acceptors (Lipinski definition) is 4. The zero-order chi connectivity index (χ0) is 17.9. The van der Waals surface area contributed by atoms with Gasteiger partial charge in [-0.25, -0.2) is 4.68 Å². The van der Waals surface area contributed by atoms with Gasteiger partial charge in [-0.3, -0.25) is 9.59 Å². The molecule has 0 amide bonds. The summed E-state index contributed by atoms with van der Waals surface area (Å²) >= 11 is 1.35.